The second-order valence-corrected chi connectivity index (χ2v) is 7.59. The van der Waals surface area contributed by atoms with Crippen molar-refractivity contribution in [1.82, 2.24) is 0 Å². The lowest BCUT2D eigenvalue weighted by Crippen LogP contribution is -2.36. The first-order chi connectivity index (χ1) is 6.64. The fourth-order valence-electron chi connectivity index (χ4n) is 2.97. The van der Waals surface area contributed by atoms with Crippen molar-refractivity contribution in [3.8, 4) is 0 Å². The Hall–Kier alpha value is 0. The van der Waals surface area contributed by atoms with E-state index in [1.54, 1.807) is 0 Å². The Labute approximate surface area is 96.8 Å². The highest BCUT2D eigenvalue weighted by molar-refractivity contribution is 4.88. The van der Waals surface area contributed by atoms with Gasteiger partial charge in [0.1, 0.15) is 0 Å². The van der Waals surface area contributed by atoms with Crippen LogP contribution in [0.5, 0.6) is 0 Å². The van der Waals surface area contributed by atoms with Crippen molar-refractivity contribution in [3.05, 3.63) is 0 Å². The van der Waals surface area contributed by atoms with Crippen LogP contribution in [0.2, 0.25) is 0 Å². The van der Waals surface area contributed by atoms with E-state index in [-0.39, 0.29) is 0 Å². The highest BCUT2D eigenvalue weighted by atomic mass is 14.4. The van der Waals surface area contributed by atoms with Gasteiger partial charge in [-0.05, 0) is 47.8 Å². The molecule has 0 N–H and O–H groups in total. The second kappa shape index (κ2) is 4.11. The van der Waals surface area contributed by atoms with Gasteiger partial charge in [0.2, 0.25) is 0 Å². The largest absolute Gasteiger partial charge is 0.0620 e. The Bertz CT molecular complexity index is 207. The number of hydrogen-bond acceptors (Lipinski definition) is 0. The average molecular weight is 210 g/mol. The van der Waals surface area contributed by atoms with Gasteiger partial charge in [0.15, 0.2) is 0 Å². The van der Waals surface area contributed by atoms with Gasteiger partial charge in [-0.15, -0.1) is 0 Å². The van der Waals surface area contributed by atoms with Crippen molar-refractivity contribution in [3.63, 3.8) is 0 Å². The normalized spacial score (nSPS) is 33.8. The number of rotatable bonds is 1. The van der Waals surface area contributed by atoms with Crippen LogP contribution in [0, 0.1) is 28.6 Å². The van der Waals surface area contributed by atoms with Crippen LogP contribution in [0.4, 0.5) is 0 Å². The number of hydrogen-bond donors (Lipinski definition) is 0. The minimum atomic E-state index is 0.474. The van der Waals surface area contributed by atoms with E-state index in [0.29, 0.717) is 10.8 Å². The van der Waals surface area contributed by atoms with Crippen LogP contribution < -0.4 is 0 Å². The molecule has 0 bridgehead atoms. The molecule has 0 aromatic heterocycles. The summed E-state index contributed by atoms with van der Waals surface area (Å²) in [6.45, 7) is 17.0. The lowest BCUT2D eigenvalue weighted by atomic mass is 9.60. The zero-order valence-corrected chi connectivity index (χ0v) is 11.9. The van der Waals surface area contributed by atoms with Gasteiger partial charge in [-0.2, -0.15) is 0 Å². The fourth-order valence-corrected chi connectivity index (χ4v) is 2.97. The first kappa shape index (κ1) is 13.1. The third-order valence-electron chi connectivity index (χ3n) is 5.17. The van der Waals surface area contributed by atoms with E-state index in [9.17, 15) is 0 Å². The van der Waals surface area contributed by atoms with Crippen LogP contribution in [0.15, 0.2) is 0 Å². The lowest BCUT2D eigenvalue weighted by Gasteiger charge is -2.46. The maximum Gasteiger partial charge on any atom is -0.0326 e. The van der Waals surface area contributed by atoms with Gasteiger partial charge in [0.25, 0.3) is 0 Å². The SMILES string of the molecule is CC(C1CCC(C)C(C)(C)C1)C(C)(C)C. The molecule has 1 rings (SSSR count). The summed E-state index contributed by atoms with van der Waals surface area (Å²) in [5, 5.41) is 0. The first-order valence-electron chi connectivity index (χ1n) is 6.64. The molecular formula is C15H30. The van der Waals surface area contributed by atoms with E-state index in [2.05, 4.69) is 48.5 Å². The predicted octanol–water partition coefficient (Wildman–Crippen LogP) is 5.13. The van der Waals surface area contributed by atoms with E-state index in [4.69, 9.17) is 0 Å². The Morgan fingerprint density at radius 2 is 1.67 bits per heavy atom. The Balaban J connectivity index is 2.67. The lowest BCUT2D eigenvalue weighted by molar-refractivity contribution is 0.0455. The van der Waals surface area contributed by atoms with Crippen molar-refractivity contribution >= 4 is 0 Å². The van der Waals surface area contributed by atoms with Crippen LogP contribution in [-0.2, 0) is 0 Å². The fraction of sp³-hybridized carbons (Fsp3) is 1.00. The molecule has 0 radical (unpaired) electrons. The summed E-state index contributed by atoms with van der Waals surface area (Å²) < 4.78 is 0. The molecule has 0 aliphatic heterocycles. The van der Waals surface area contributed by atoms with Gasteiger partial charge in [-0.25, -0.2) is 0 Å². The van der Waals surface area contributed by atoms with Crippen LogP contribution in [0.1, 0.15) is 67.7 Å². The molecule has 0 spiro atoms. The summed E-state index contributed by atoms with van der Waals surface area (Å²) in [7, 11) is 0. The zero-order valence-electron chi connectivity index (χ0n) is 11.9. The van der Waals surface area contributed by atoms with Crippen LogP contribution in [0.25, 0.3) is 0 Å². The minimum absolute atomic E-state index is 0.474. The van der Waals surface area contributed by atoms with Crippen molar-refractivity contribution in [1.29, 1.82) is 0 Å². The van der Waals surface area contributed by atoms with Gasteiger partial charge >= 0.3 is 0 Å². The molecule has 3 unspecified atom stereocenters. The van der Waals surface area contributed by atoms with E-state index in [1.807, 2.05) is 0 Å². The van der Waals surface area contributed by atoms with Gasteiger partial charge in [0.05, 0.1) is 0 Å². The summed E-state index contributed by atoms with van der Waals surface area (Å²) >= 11 is 0. The van der Waals surface area contributed by atoms with Gasteiger partial charge < -0.3 is 0 Å². The predicted molar refractivity (Wildman–Crippen MR) is 68.9 cm³/mol. The molecule has 1 aliphatic carbocycles. The quantitative estimate of drug-likeness (QED) is 0.563. The van der Waals surface area contributed by atoms with Crippen LogP contribution in [-0.4, -0.2) is 0 Å². The molecule has 0 aromatic rings. The highest BCUT2D eigenvalue weighted by Gasteiger charge is 2.38. The summed E-state index contributed by atoms with van der Waals surface area (Å²) in [5.41, 5.74) is 1.03. The molecule has 0 aromatic carbocycles. The van der Waals surface area contributed by atoms with Gasteiger partial charge in [-0.3, -0.25) is 0 Å². The summed E-state index contributed by atoms with van der Waals surface area (Å²) in [6.07, 6.45) is 4.30. The Morgan fingerprint density at radius 1 is 1.13 bits per heavy atom. The van der Waals surface area contributed by atoms with Gasteiger partial charge in [0, 0.05) is 0 Å². The first-order valence-corrected chi connectivity index (χ1v) is 6.64. The molecule has 0 heterocycles. The molecular weight excluding hydrogens is 180 g/mol. The molecule has 0 nitrogen and oxygen atoms in total. The van der Waals surface area contributed by atoms with Crippen molar-refractivity contribution < 1.29 is 0 Å². The standard InChI is InChI=1S/C15H30/c1-11-8-9-13(10-15(11,6)7)12(2)14(3,4)5/h11-13H,8-10H2,1-7H3. The third kappa shape index (κ3) is 2.98. The molecule has 1 fully saturated rings. The topological polar surface area (TPSA) is 0 Å². The summed E-state index contributed by atoms with van der Waals surface area (Å²) in [6, 6.07) is 0. The van der Waals surface area contributed by atoms with E-state index >= 15 is 0 Å². The van der Waals surface area contributed by atoms with Crippen molar-refractivity contribution in [2.24, 2.45) is 28.6 Å². The monoisotopic (exact) mass is 210 g/mol. The molecule has 0 saturated heterocycles. The molecule has 15 heavy (non-hydrogen) atoms. The summed E-state index contributed by atoms with van der Waals surface area (Å²) in [4.78, 5) is 0. The van der Waals surface area contributed by atoms with Crippen molar-refractivity contribution in [2.45, 2.75) is 67.7 Å². The van der Waals surface area contributed by atoms with Crippen molar-refractivity contribution in [2.75, 3.05) is 0 Å². The molecule has 90 valence electrons. The second-order valence-electron chi connectivity index (χ2n) is 7.59. The molecule has 0 heteroatoms. The summed E-state index contributed by atoms with van der Waals surface area (Å²) in [5.74, 6) is 2.70. The van der Waals surface area contributed by atoms with E-state index < -0.39 is 0 Å². The molecule has 0 amide bonds. The van der Waals surface area contributed by atoms with E-state index in [0.717, 1.165) is 17.8 Å². The minimum Gasteiger partial charge on any atom is -0.0620 e. The average Bonchev–Trinajstić information content (AvgIpc) is 2.07. The van der Waals surface area contributed by atoms with E-state index in [1.165, 1.54) is 19.3 Å². The molecule has 3 atom stereocenters. The Morgan fingerprint density at radius 3 is 2.07 bits per heavy atom. The Kier molecular flexibility index (Phi) is 3.58. The highest BCUT2D eigenvalue weighted by Crippen LogP contribution is 2.48. The van der Waals surface area contributed by atoms with Crippen LogP contribution >= 0.6 is 0 Å². The van der Waals surface area contributed by atoms with Gasteiger partial charge in [-0.1, -0.05) is 48.5 Å². The maximum atomic E-state index is 2.46. The zero-order chi connectivity index (χ0) is 11.9. The molecule has 1 aliphatic rings. The smallest absolute Gasteiger partial charge is 0.0326 e. The third-order valence-corrected chi connectivity index (χ3v) is 5.17. The maximum absolute atomic E-state index is 2.46. The molecule has 1 saturated carbocycles. The van der Waals surface area contributed by atoms with Crippen LogP contribution in [0.3, 0.4) is 0 Å².